The number of hydrogen-bond donors (Lipinski definition) is 1. The second-order valence-corrected chi connectivity index (χ2v) is 7.85. The number of aromatic nitrogens is 2. The number of anilines is 1. The van der Waals surface area contributed by atoms with E-state index in [0.717, 1.165) is 22.9 Å². The number of hydrogen-bond acceptors (Lipinski definition) is 6. The van der Waals surface area contributed by atoms with Gasteiger partial charge in [-0.05, 0) is 36.0 Å². The first kappa shape index (κ1) is 20.5. The third-order valence-corrected chi connectivity index (χ3v) is 5.56. The van der Waals surface area contributed by atoms with E-state index in [1.165, 1.54) is 16.6 Å². The number of aliphatic imine (C=N–C) groups is 1. The van der Waals surface area contributed by atoms with Crippen molar-refractivity contribution in [1.82, 2.24) is 5.27 Å². The minimum Gasteiger partial charge on any atom is -0.286 e. The number of benzene rings is 2. The fraction of sp³-hybridized carbons (Fsp3) is 0.136. The van der Waals surface area contributed by atoms with E-state index in [2.05, 4.69) is 14.8 Å². The van der Waals surface area contributed by atoms with Crippen molar-refractivity contribution in [3.05, 3.63) is 87.5 Å². The molecule has 1 aliphatic heterocycles. The molecule has 1 amide bonds. The number of H-pyrrole nitrogens is 1. The quantitative estimate of drug-likeness (QED) is 0.377. The van der Waals surface area contributed by atoms with Gasteiger partial charge in [-0.2, -0.15) is 0 Å². The van der Waals surface area contributed by atoms with Gasteiger partial charge in [-0.3, -0.25) is 19.0 Å². The van der Waals surface area contributed by atoms with E-state index in [9.17, 15) is 14.4 Å². The molecule has 0 atom stereocenters. The lowest BCUT2D eigenvalue weighted by Gasteiger charge is -2.17. The summed E-state index contributed by atoms with van der Waals surface area (Å²) in [6.45, 7) is 1.99. The molecule has 3 aromatic rings. The summed E-state index contributed by atoms with van der Waals surface area (Å²) in [4.78, 5) is 43.4. The third-order valence-electron chi connectivity index (χ3n) is 4.63. The van der Waals surface area contributed by atoms with E-state index in [4.69, 9.17) is 0 Å². The molecular formula is C22H19N4O4S+. The number of nitrogens with zero attached hydrogens (tertiary/aromatic N) is 3. The first-order chi connectivity index (χ1) is 14.9. The van der Waals surface area contributed by atoms with E-state index in [1.54, 1.807) is 18.2 Å². The smallest absolute Gasteiger partial charge is 0.286 e. The van der Waals surface area contributed by atoms with Gasteiger partial charge in [-0.15, -0.1) is 0 Å². The van der Waals surface area contributed by atoms with Gasteiger partial charge in [0.25, 0.3) is 5.91 Å². The van der Waals surface area contributed by atoms with E-state index in [-0.39, 0.29) is 23.1 Å². The molecule has 0 spiro atoms. The van der Waals surface area contributed by atoms with Crippen molar-refractivity contribution in [2.75, 3.05) is 10.7 Å². The van der Waals surface area contributed by atoms with Crippen LogP contribution >= 0.6 is 11.8 Å². The highest BCUT2D eigenvalue weighted by Gasteiger charge is 2.34. The fourth-order valence-corrected chi connectivity index (χ4v) is 3.94. The van der Waals surface area contributed by atoms with Crippen LogP contribution in [0.15, 0.2) is 74.6 Å². The van der Waals surface area contributed by atoms with Gasteiger partial charge in [0.1, 0.15) is 5.70 Å². The van der Waals surface area contributed by atoms with Crippen LogP contribution in [0.2, 0.25) is 0 Å². The molecule has 31 heavy (non-hydrogen) atoms. The molecule has 1 aliphatic rings. The van der Waals surface area contributed by atoms with Crippen molar-refractivity contribution in [2.45, 2.75) is 6.92 Å². The number of para-hydroxylation sites is 1. The minimum atomic E-state index is -0.739. The normalized spacial score (nSPS) is 14.9. The van der Waals surface area contributed by atoms with E-state index in [0.29, 0.717) is 10.9 Å². The van der Waals surface area contributed by atoms with Crippen LogP contribution in [0, 0.1) is 6.92 Å². The second kappa shape index (κ2) is 8.57. The lowest BCUT2D eigenvalue weighted by molar-refractivity contribution is -0.741. The Balaban J connectivity index is 1.64. The maximum absolute atomic E-state index is 13.1. The lowest BCUT2D eigenvalue weighted by Crippen LogP contribution is -2.40. The number of ketones is 1. The summed E-state index contributed by atoms with van der Waals surface area (Å²) in [5, 5.41) is 2.69. The fourth-order valence-electron chi connectivity index (χ4n) is 3.06. The number of carbonyl (C=O) groups is 2. The molecule has 8 nitrogen and oxygen atoms in total. The maximum atomic E-state index is 13.1. The van der Waals surface area contributed by atoms with E-state index < -0.39 is 11.4 Å². The first-order valence-electron chi connectivity index (χ1n) is 9.44. The van der Waals surface area contributed by atoms with Gasteiger partial charge in [0.05, 0.1) is 11.4 Å². The number of rotatable bonds is 5. The number of amides is 1. The summed E-state index contributed by atoms with van der Waals surface area (Å²) in [7, 11) is 1.51. The number of thioether (sulfide) groups is 1. The predicted molar refractivity (Wildman–Crippen MR) is 118 cm³/mol. The molecule has 0 radical (unpaired) electrons. The Morgan fingerprint density at radius 1 is 1.16 bits per heavy atom. The van der Waals surface area contributed by atoms with Crippen LogP contribution < -0.4 is 15.2 Å². The second-order valence-electron chi connectivity index (χ2n) is 6.91. The van der Waals surface area contributed by atoms with Crippen LogP contribution in [0.1, 0.15) is 21.6 Å². The molecule has 2 aromatic carbocycles. The van der Waals surface area contributed by atoms with Gasteiger partial charge in [-0.25, -0.2) is 9.79 Å². The number of aromatic amines is 1. The van der Waals surface area contributed by atoms with E-state index in [1.807, 2.05) is 49.4 Å². The predicted octanol–water partition coefficient (Wildman–Crippen LogP) is 2.46. The summed E-state index contributed by atoms with van der Waals surface area (Å²) in [6.07, 6.45) is 1.72. The molecule has 156 valence electrons. The van der Waals surface area contributed by atoms with Crippen LogP contribution in [0.5, 0.6) is 0 Å². The van der Waals surface area contributed by atoms with Crippen LogP contribution in [0.3, 0.4) is 0 Å². The van der Waals surface area contributed by atoms with Crippen molar-refractivity contribution in [3.8, 4) is 0 Å². The highest BCUT2D eigenvalue weighted by molar-refractivity contribution is 8.14. The monoisotopic (exact) mass is 435 g/mol. The van der Waals surface area contributed by atoms with Gasteiger partial charge < -0.3 is 0 Å². The topological polar surface area (TPSA) is 99.6 Å². The minimum absolute atomic E-state index is 0.0797. The van der Waals surface area contributed by atoms with Crippen LogP contribution in [-0.2, 0) is 11.8 Å². The average Bonchev–Trinajstić information content (AvgIpc) is 3.27. The lowest BCUT2D eigenvalue weighted by atomic mass is 10.1. The molecule has 0 unspecified atom stereocenters. The average molecular weight is 435 g/mol. The zero-order chi connectivity index (χ0) is 22.0. The molecule has 0 saturated heterocycles. The van der Waals surface area contributed by atoms with Crippen molar-refractivity contribution in [3.63, 3.8) is 0 Å². The number of nitrogens with one attached hydrogen (secondary N) is 1. The van der Waals surface area contributed by atoms with Crippen molar-refractivity contribution in [2.24, 2.45) is 12.0 Å². The summed E-state index contributed by atoms with van der Waals surface area (Å²) < 4.78 is 5.86. The van der Waals surface area contributed by atoms with Crippen molar-refractivity contribution in [1.29, 1.82) is 0 Å². The molecule has 0 bridgehead atoms. The molecule has 4 rings (SSSR count). The Bertz CT molecular complexity index is 1260. The molecule has 9 heteroatoms. The van der Waals surface area contributed by atoms with E-state index >= 15 is 0 Å². The highest BCUT2D eigenvalue weighted by atomic mass is 32.2. The number of amidine groups is 1. The summed E-state index contributed by atoms with van der Waals surface area (Å²) in [5.74, 6) is -0.793. The standard InChI is InChI=1S/C22H18N4O4S/c1-14-8-10-15(11-9-14)12-17-20(28)26(16-6-4-3-5-7-16)22(23-17)31-13-18(27)19-21(29)30-24-25(19)2/h3-12H,13H2,1-2H3/p+1/b17-12+. The Kier molecular flexibility index (Phi) is 5.68. The maximum Gasteiger partial charge on any atom is 0.438 e. The van der Waals surface area contributed by atoms with Gasteiger partial charge in [0.2, 0.25) is 5.78 Å². The SMILES string of the molecule is Cc1ccc(/C=C2/N=C(SCC(=O)c3c(=O)o[nH][n+]3C)N(c3ccccc3)C2=O)cc1. The summed E-state index contributed by atoms with van der Waals surface area (Å²) >= 11 is 1.09. The summed E-state index contributed by atoms with van der Waals surface area (Å²) in [6, 6.07) is 16.8. The Labute approximate surface area is 181 Å². The Morgan fingerprint density at radius 2 is 1.87 bits per heavy atom. The van der Waals surface area contributed by atoms with Crippen LogP contribution in [0.4, 0.5) is 5.69 Å². The Morgan fingerprint density at radius 3 is 2.52 bits per heavy atom. The van der Waals surface area contributed by atoms with Crippen LogP contribution in [-0.4, -0.2) is 27.9 Å². The summed E-state index contributed by atoms with van der Waals surface area (Å²) in [5.41, 5.74) is 2.05. The first-order valence-corrected chi connectivity index (χ1v) is 10.4. The Hall–Kier alpha value is -3.72. The molecule has 1 aromatic heterocycles. The van der Waals surface area contributed by atoms with Gasteiger partial charge >= 0.3 is 11.3 Å². The zero-order valence-electron chi connectivity index (χ0n) is 16.9. The molecule has 2 heterocycles. The number of aryl methyl sites for hydroxylation is 2. The van der Waals surface area contributed by atoms with Gasteiger partial charge in [0, 0.05) is 0 Å². The van der Waals surface area contributed by atoms with Gasteiger partial charge in [-0.1, -0.05) is 64.5 Å². The highest BCUT2D eigenvalue weighted by Crippen LogP contribution is 2.29. The zero-order valence-corrected chi connectivity index (χ0v) is 17.7. The molecule has 1 N–H and O–H groups in total. The largest absolute Gasteiger partial charge is 0.438 e. The van der Waals surface area contributed by atoms with Crippen molar-refractivity contribution >= 4 is 40.4 Å². The number of carbonyl (C=O) groups excluding carboxylic acids is 2. The molecule has 0 aliphatic carbocycles. The number of Topliss-reactive ketones (excluding diaryl/α,β-unsaturated/α-hetero) is 1. The molecule has 0 saturated carbocycles. The van der Waals surface area contributed by atoms with Crippen molar-refractivity contribution < 1.29 is 18.8 Å². The molecule has 0 fully saturated rings. The van der Waals surface area contributed by atoms with Crippen LogP contribution in [0.25, 0.3) is 6.08 Å². The van der Waals surface area contributed by atoms with Gasteiger partial charge in [0.15, 0.2) is 12.2 Å². The molecular weight excluding hydrogens is 416 g/mol. The third kappa shape index (κ3) is 4.26.